The van der Waals surface area contributed by atoms with Gasteiger partial charge in [0.25, 0.3) is 5.91 Å². The second-order valence-electron chi connectivity index (χ2n) is 6.16. The second kappa shape index (κ2) is 7.17. The summed E-state index contributed by atoms with van der Waals surface area (Å²) < 4.78 is 7.03. The molecule has 0 saturated carbocycles. The molecular formula is C20H16N4O2S. The molecule has 4 rings (SSSR count). The highest BCUT2D eigenvalue weighted by molar-refractivity contribution is 8.04. The minimum absolute atomic E-state index is 0.00386. The van der Waals surface area contributed by atoms with Gasteiger partial charge in [0.1, 0.15) is 23.1 Å². The Hall–Kier alpha value is -3.24. The van der Waals surface area contributed by atoms with E-state index in [0.29, 0.717) is 23.8 Å². The standard InChI is InChI=1S/C20H16N4O2S/c1-13(27-12-21)11-22-19(25)18-17(23-20-24(18)8-9-26-20)16-7-6-14-4-2-3-5-15(14)10-16/h2-10,13H,11H2,1H3,(H,22,25). The summed E-state index contributed by atoms with van der Waals surface area (Å²) in [5.41, 5.74) is 1.83. The third kappa shape index (κ3) is 3.27. The summed E-state index contributed by atoms with van der Waals surface area (Å²) >= 11 is 1.13. The van der Waals surface area contributed by atoms with Crippen LogP contribution in [-0.4, -0.2) is 27.1 Å². The zero-order chi connectivity index (χ0) is 18.8. The quantitative estimate of drug-likeness (QED) is 0.531. The number of amides is 1. The Morgan fingerprint density at radius 3 is 2.96 bits per heavy atom. The topological polar surface area (TPSA) is 83.3 Å². The number of rotatable bonds is 5. The molecule has 6 nitrogen and oxygen atoms in total. The van der Waals surface area contributed by atoms with Gasteiger partial charge in [0.2, 0.25) is 0 Å². The van der Waals surface area contributed by atoms with Crippen molar-refractivity contribution in [3.63, 3.8) is 0 Å². The van der Waals surface area contributed by atoms with Crippen molar-refractivity contribution in [2.45, 2.75) is 12.2 Å². The van der Waals surface area contributed by atoms with Gasteiger partial charge in [-0.1, -0.05) is 43.3 Å². The maximum atomic E-state index is 12.9. The first-order valence-corrected chi connectivity index (χ1v) is 9.33. The molecule has 4 aromatic rings. The number of nitriles is 1. The zero-order valence-corrected chi connectivity index (χ0v) is 15.4. The summed E-state index contributed by atoms with van der Waals surface area (Å²) in [6.45, 7) is 2.28. The van der Waals surface area contributed by atoms with Crippen molar-refractivity contribution < 1.29 is 9.21 Å². The first-order chi connectivity index (χ1) is 13.2. The maximum absolute atomic E-state index is 12.9. The van der Waals surface area contributed by atoms with Crippen LogP contribution in [0, 0.1) is 10.7 Å². The van der Waals surface area contributed by atoms with E-state index in [0.717, 1.165) is 28.1 Å². The lowest BCUT2D eigenvalue weighted by Crippen LogP contribution is -2.30. The van der Waals surface area contributed by atoms with Crippen LogP contribution in [-0.2, 0) is 0 Å². The van der Waals surface area contributed by atoms with E-state index >= 15 is 0 Å². The predicted molar refractivity (Wildman–Crippen MR) is 105 cm³/mol. The fourth-order valence-corrected chi connectivity index (χ4v) is 3.34. The lowest BCUT2D eigenvalue weighted by atomic mass is 10.0. The number of nitrogens with one attached hydrogen (secondary N) is 1. The molecule has 0 fully saturated rings. The molecular weight excluding hydrogens is 360 g/mol. The van der Waals surface area contributed by atoms with Crippen molar-refractivity contribution in [2.24, 2.45) is 0 Å². The number of imidazole rings is 1. The third-order valence-electron chi connectivity index (χ3n) is 4.30. The largest absolute Gasteiger partial charge is 0.432 e. The summed E-state index contributed by atoms with van der Waals surface area (Å²) in [5.74, 6) is 0.111. The highest BCUT2D eigenvalue weighted by Crippen LogP contribution is 2.28. The highest BCUT2D eigenvalue weighted by Gasteiger charge is 2.22. The number of benzene rings is 2. The molecule has 7 heteroatoms. The average Bonchev–Trinajstić information content (AvgIpc) is 3.27. The van der Waals surface area contributed by atoms with Gasteiger partial charge >= 0.3 is 5.84 Å². The first kappa shape index (κ1) is 17.2. The van der Waals surface area contributed by atoms with E-state index in [-0.39, 0.29) is 11.2 Å². The van der Waals surface area contributed by atoms with E-state index in [1.165, 1.54) is 6.26 Å². The van der Waals surface area contributed by atoms with Gasteiger partial charge in [-0.2, -0.15) is 10.2 Å². The van der Waals surface area contributed by atoms with Gasteiger partial charge in [-0.3, -0.25) is 9.20 Å². The van der Waals surface area contributed by atoms with Crippen LogP contribution in [0.3, 0.4) is 0 Å². The predicted octanol–water partition coefficient (Wildman–Crippen LogP) is 4.08. The molecule has 0 spiro atoms. The summed E-state index contributed by atoms with van der Waals surface area (Å²) in [6, 6.07) is 14.0. The van der Waals surface area contributed by atoms with Crippen molar-refractivity contribution in [1.29, 1.82) is 5.26 Å². The number of hydrogen-bond acceptors (Lipinski definition) is 5. The van der Waals surface area contributed by atoms with Crippen molar-refractivity contribution in [3.8, 4) is 16.7 Å². The van der Waals surface area contributed by atoms with Gasteiger partial charge in [0.15, 0.2) is 0 Å². The van der Waals surface area contributed by atoms with E-state index in [9.17, 15) is 4.79 Å². The summed E-state index contributed by atoms with van der Waals surface area (Å²) in [7, 11) is 0. The van der Waals surface area contributed by atoms with Crippen LogP contribution in [0.2, 0.25) is 0 Å². The van der Waals surface area contributed by atoms with Crippen LogP contribution in [0.25, 0.3) is 27.9 Å². The number of carbonyl (C=O) groups excluding carboxylic acids is 1. The van der Waals surface area contributed by atoms with Gasteiger partial charge < -0.3 is 9.73 Å². The Morgan fingerprint density at radius 1 is 1.33 bits per heavy atom. The van der Waals surface area contributed by atoms with E-state index in [1.54, 1.807) is 10.6 Å². The summed E-state index contributed by atoms with van der Waals surface area (Å²) in [4.78, 5) is 17.4. The molecule has 1 amide bonds. The molecule has 0 aliphatic carbocycles. The molecule has 2 aromatic heterocycles. The van der Waals surface area contributed by atoms with Gasteiger partial charge in [-0.05, 0) is 28.6 Å². The third-order valence-corrected chi connectivity index (χ3v) is 4.98. The molecule has 1 atom stereocenters. The molecule has 0 saturated heterocycles. The second-order valence-corrected chi connectivity index (χ2v) is 7.38. The SMILES string of the molecule is CC(CNC(=O)c1c(-c2ccc3ccccc3c2)nc2occn12)SC#N. The van der Waals surface area contributed by atoms with Crippen molar-refractivity contribution in [3.05, 3.63) is 60.6 Å². The number of carbonyl (C=O) groups is 1. The van der Waals surface area contributed by atoms with Crippen molar-refractivity contribution >= 4 is 34.3 Å². The lowest BCUT2D eigenvalue weighted by Gasteiger charge is -2.09. The van der Waals surface area contributed by atoms with E-state index in [1.807, 2.05) is 54.8 Å². The Labute approximate surface area is 159 Å². The minimum Gasteiger partial charge on any atom is -0.432 e. The molecule has 2 aromatic carbocycles. The normalized spacial score (nSPS) is 12.1. The van der Waals surface area contributed by atoms with Crippen LogP contribution in [0.4, 0.5) is 0 Å². The number of oxazole rings is 1. The first-order valence-electron chi connectivity index (χ1n) is 8.45. The fourth-order valence-electron chi connectivity index (χ4n) is 2.99. The summed E-state index contributed by atoms with van der Waals surface area (Å²) in [5, 5.41) is 15.9. The van der Waals surface area contributed by atoms with Crippen molar-refractivity contribution in [1.82, 2.24) is 14.7 Å². The Balaban J connectivity index is 1.74. The maximum Gasteiger partial charge on any atom is 0.306 e. The number of nitrogens with zero attached hydrogens (tertiary/aromatic N) is 3. The van der Waals surface area contributed by atoms with E-state index in [2.05, 4.69) is 10.3 Å². The molecule has 134 valence electrons. The fraction of sp³-hybridized carbons (Fsp3) is 0.150. The number of thiocyanates is 1. The number of thioether (sulfide) groups is 1. The van der Waals surface area contributed by atoms with Crippen LogP contribution in [0.1, 0.15) is 17.4 Å². The van der Waals surface area contributed by atoms with Gasteiger partial charge in [-0.15, -0.1) is 0 Å². The molecule has 2 heterocycles. The van der Waals surface area contributed by atoms with Gasteiger partial charge in [-0.25, -0.2) is 0 Å². The van der Waals surface area contributed by atoms with Gasteiger partial charge in [0.05, 0.1) is 0 Å². The Morgan fingerprint density at radius 2 is 2.15 bits per heavy atom. The van der Waals surface area contributed by atoms with Crippen LogP contribution >= 0.6 is 11.8 Å². The number of fused-ring (bicyclic) bond motifs is 2. The monoisotopic (exact) mass is 376 g/mol. The molecule has 27 heavy (non-hydrogen) atoms. The Kier molecular flexibility index (Phi) is 4.57. The van der Waals surface area contributed by atoms with E-state index in [4.69, 9.17) is 9.68 Å². The average molecular weight is 376 g/mol. The zero-order valence-electron chi connectivity index (χ0n) is 14.5. The van der Waals surface area contributed by atoms with Crippen molar-refractivity contribution in [2.75, 3.05) is 6.54 Å². The summed E-state index contributed by atoms with van der Waals surface area (Å²) in [6.07, 6.45) is 3.17. The number of aromatic nitrogens is 2. The molecule has 1 N–H and O–H groups in total. The van der Waals surface area contributed by atoms with Gasteiger partial charge in [0, 0.05) is 23.6 Å². The van der Waals surface area contributed by atoms with Crippen LogP contribution in [0.15, 0.2) is 59.3 Å². The van der Waals surface area contributed by atoms with E-state index < -0.39 is 0 Å². The van der Waals surface area contributed by atoms with Crippen LogP contribution < -0.4 is 5.32 Å². The molecule has 0 aliphatic heterocycles. The molecule has 0 aliphatic rings. The molecule has 0 bridgehead atoms. The Bertz CT molecular complexity index is 1170. The highest BCUT2D eigenvalue weighted by atomic mass is 32.2. The molecule has 1 unspecified atom stereocenters. The minimum atomic E-state index is -0.252. The number of hydrogen-bond donors (Lipinski definition) is 1. The lowest BCUT2D eigenvalue weighted by molar-refractivity contribution is 0.0949. The van der Waals surface area contributed by atoms with Crippen LogP contribution in [0.5, 0.6) is 0 Å². The molecule has 0 radical (unpaired) electrons. The smallest absolute Gasteiger partial charge is 0.306 e.